The van der Waals surface area contributed by atoms with Gasteiger partial charge in [-0.1, -0.05) is 11.8 Å². The fourth-order valence-corrected chi connectivity index (χ4v) is 2.45. The summed E-state index contributed by atoms with van der Waals surface area (Å²) in [7, 11) is 0. The lowest BCUT2D eigenvalue weighted by molar-refractivity contribution is 0.619. The van der Waals surface area contributed by atoms with Gasteiger partial charge in [0.25, 0.3) is 5.56 Å². The Hall–Kier alpha value is -1.66. The van der Waals surface area contributed by atoms with E-state index < -0.39 is 0 Å². The van der Waals surface area contributed by atoms with E-state index in [1.807, 2.05) is 0 Å². The van der Waals surface area contributed by atoms with Gasteiger partial charge in [0.2, 0.25) is 0 Å². The minimum atomic E-state index is -0.332. The number of aromatic amines is 1. The van der Waals surface area contributed by atoms with E-state index in [-0.39, 0.29) is 17.4 Å². The van der Waals surface area contributed by atoms with Crippen molar-refractivity contribution in [3.63, 3.8) is 0 Å². The molecule has 1 heterocycles. The van der Waals surface area contributed by atoms with Gasteiger partial charge in [0.05, 0.1) is 0 Å². The Morgan fingerprint density at radius 1 is 1.44 bits per heavy atom. The van der Waals surface area contributed by atoms with Gasteiger partial charge in [0.15, 0.2) is 5.16 Å². The summed E-state index contributed by atoms with van der Waals surface area (Å²) in [5, 5.41) is 0.455. The van der Waals surface area contributed by atoms with Crippen molar-refractivity contribution in [1.82, 2.24) is 9.97 Å². The van der Waals surface area contributed by atoms with Gasteiger partial charge in [0.1, 0.15) is 5.82 Å². The zero-order valence-electron chi connectivity index (χ0n) is 9.68. The molecule has 1 aromatic heterocycles. The van der Waals surface area contributed by atoms with Crippen LogP contribution in [0, 0.1) is 5.82 Å². The Morgan fingerprint density at radius 2 is 2.22 bits per heavy atom. The number of hydrogen-bond acceptors (Lipinski definition) is 4. The van der Waals surface area contributed by atoms with Crippen molar-refractivity contribution in [1.29, 1.82) is 0 Å². The number of nitrogens with zero attached hydrogens (tertiary/aromatic N) is 1. The second-order valence-corrected chi connectivity index (χ2v) is 4.84. The molecule has 1 atom stereocenters. The van der Waals surface area contributed by atoms with Crippen LogP contribution in [0.25, 0.3) is 0 Å². The molecule has 2 aromatic rings. The maximum atomic E-state index is 13.2. The Balaban J connectivity index is 2.37. The summed E-state index contributed by atoms with van der Waals surface area (Å²) in [6.07, 6.45) is 1.43. The average Bonchev–Trinajstić information content (AvgIpc) is 2.31. The highest BCUT2D eigenvalue weighted by atomic mass is 32.2. The summed E-state index contributed by atoms with van der Waals surface area (Å²) in [5.41, 5.74) is 6.26. The van der Waals surface area contributed by atoms with E-state index in [1.165, 1.54) is 36.2 Å². The van der Waals surface area contributed by atoms with Gasteiger partial charge in [-0.15, -0.1) is 0 Å². The first-order chi connectivity index (χ1) is 8.56. The fraction of sp³-hybridized carbons (Fsp3) is 0.167. The second-order valence-electron chi connectivity index (χ2n) is 3.81. The van der Waals surface area contributed by atoms with Gasteiger partial charge < -0.3 is 10.7 Å². The number of hydrogen-bond donors (Lipinski definition) is 2. The van der Waals surface area contributed by atoms with E-state index in [9.17, 15) is 9.18 Å². The molecule has 0 radical (unpaired) electrons. The molecule has 0 saturated heterocycles. The number of nitrogens with two attached hydrogens (primary N) is 1. The molecule has 18 heavy (non-hydrogen) atoms. The molecule has 4 nitrogen and oxygen atoms in total. The highest BCUT2D eigenvalue weighted by molar-refractivity contribution is 7.99. The van der Waals surface area contributed by atoms with Crippen LogP contribution < -0.4 is 11.3 Å². The normalized spacial score (nSPS) is 12.4. The average molecular weight is 265 g/mol. The Bertz CT molecular complexity index is 612. The first kappa shape index (κ1) is 12.8. The van der Waals surface area contributed by atoms with Gasteiger partial charge in [-0.3, -0.25) is 4.79 Å². The molecule has 0 spiro atoms. The van der Waals surface area contributed by atoms with Crippen molar-refractivity contribution < 1.29 is 4.39 Å². The standard InChI is InChI=1S/C12H12FN3OS/c1-7(14)9-6-8(13)2-3-10(9)18-12-15-5-4-11(17)16-12/h2-7H,14H2,1H3,(H,15,16,17). The molecule has 0 aliphatic carbocycles. The minimum Gasteiger partial charge on any atom is -0.324 e. The van der Waals surface area contributed by atoms with Crippen LogP contribution in [0.1, 0.15) is 18.5 Å². The topological polar surface area (TPSA) is 71.8 Å². The molecule has 1 unspecified atom stereocenters. The van der Waals surface area contributed by atoms with Gasteiger partial charge in [0, 0.05) is 23.2 Å². The van der Waals surface area contributed by atoms with Crippen molar-refractivity contribution in [2.75, 3.05) is 0 Å². The van der Waals surface area contributed by atoms with Gasteiger partial charge in [-0.25, -0.2) is 9.37 Å². The molecule has 0 amide bonds. The number of rotatable bonds is 3. The maximum absolute atomic E-state index is 13.2. The van der Waals surface area contributed by atoms with Crippen LogP contribution in [0.2, 0.25) is 0 Å². The lowest BCUT2D eigenvalue weighted by atomic mass is 10.1. The van der Waals surface area contributed by atoms with Crippen LogP contribution in [0.4, 0.5) is 4.39 Å². The smallest absolute Gasteiger partial charge is 0.251 e. The Labute approximate surface area is 107 Å². The number of aromatic nitrogens is 2. The van der Waals surface area contributed by atoms with Crippen molar-refractivity contribution in [3.8, 4) is 0 Å². The number of benzene rings is 1. The number of H-pyrrole nitrogens is 1. The van der Waals surface area contributed by atoms with Crippen LogP contribution >= 0.6 is 11.8 Å². The van der Waals surface area contributed by atoms with Crippen molar-refractivity contribution in [3.05, 3.63) is 52.2 Å². The van der Waals surface area contributed by atoms with Gasteiger partial charge in [-0.2, -0.15) is 0 Å². The molecule has 2 rings (SSSR count). The molecule has 1 aromatic carbocycles. The third-order valence-electron chi connectivity index (χ3n) is 2.32. The summed E-state index contributed by atoms with van der Waals surface area (Å²) in [6.45, 7) is 1.78. The summed E-state index contributed by atoms with van der Waals surface area (Å²) in [4.78, 5) is 18.6. The molecular formula is C12H12FN3OS. The van der Waals surface area contributed by atoms with Crippen LogP contribution in [0.5, 0.6) is 0 Å². The maximum Gasteiger partial charge on any atom is 0.251 e. The summed E-state index contributed by atoms with van der Waals surface area (Å²) >= 11 is 1.25. The third-order valence-corrected chi connectivity index (χ3v) is 3.31. The SMILES string of the molecule is CC(N)c1cc(F)ccc1Sc1nccc(=O)[nH]1. The van der Waals surface area contributed by atoms with Gasteiger partial charge >= 0.3 is 0 Å². The second kappa shape index (κ2) is 5.32. The van der Waals surface area contributed by atoms with Crippen LogP contribution in [-0.2, 0) is 0 Å². The van der Waals surface area contributed by atoms with Crippen molar-refractivity contribution >= 4 is 11.8 Å². The molecule has 0 fully saturated rings. The van der Waals surface area contributed by atoms with Crippen LogP contribution in [-0.4, -0.2) is 9.97 Å². The van der Waals surface area contributed by atoms with E-state index in [1.54, 1.807) is 13.0 Å². The fourth-order valence-electron chi connectivity index (χ4n) is 1.48. The minimum absolute atomic E-state index is 0.225. The van der Waals surface area contributed by atoms with Crippen LogP contribution in [0.15, 0.2) is 45.3 Å². The Morgan fingerprint density at radius 3 is 2.89 bits per heavy atom. The zero-order chi connectivity index (χ0) is 13.1. The summed E-state index contributed by atoms with van der Waals surface area (Å²) in [6, 6.07) is 5.43. The molecule has 0 aliphatic rings. The van der Waals surface area contributed by atoms with E-state index in [2.05, 4.69) is 9.97 Å². The Kier molecular flexibility index (Phi) is 3.78. The highest BCUT2D eigenvalue weighted by Gasteiger charge is 2.10. The quantitative estimate of drug-likeness (QED) is 0.833. The largest absolute Gasteiger partial charge is 0.324 e. The molecule has 0 bridgehead atoms. The lowest BCUT2D eigenvalue weighted by Gasteiger charge is -2.11. The molecule has 0 aliphatic heterocycles. The summed E-state index contributed by atoms with van der Waals surface area (Å²) in [5.74, 6) is -0.332. The predicted molar refractivity (Wildman–Crippen MR) is 68.0 cm³/mol. The molecule has 6 heteroatoms. The zero-order valence-corrected chi connectivity index (χ0v) is 10.5. The molecule has 94 valence electrons. The molecule has 3 N–H and O–H groups in total. The van der Waals surface area contributed by atoms with Crippen LogP contribution in [0.3, 0.4) is 0 Å². The number of halogens is 1. The van der Waals surface area contributed by atoms with Crippen molar-refractivity contribution in [2.45, 2.75) is 23.0 Å². The predicted octanol–water partition coefficient (Wildman–Crippen LogP) is 2.08. The monoisotopic (exact) mass is 265 g/mol. The van der Waals surface area contributed by atoms with E-state index in [4.69, 9.17) is 5.73 Å². The first-order valence-corrected chi connectivity index (χ1v) is 6.16. The molecule has 0 saturated carbocycles. The lowest BCUT2D eigenvalue weighted by Crippen LogP contribution is -2.08. The highest BCUT2D eigenvalue weighted by Crippen LogP contribution is 2.30. The molecular weight excluding hydrogens is 253 g/mol. The van der Waals surface area contributed by atoms with Crippen molar-refractivity contribution in [2.24, 2.45) is 5.73 Å². The van der Waals surface area contributed by atoms with E-state index in [0.29, 0.717) is 10.7 Å². The first-order valence-electron chi connectivity index (χ1n) is 5.34. The third kappa shape index (κ3) is 2.96. The van der Waals surface area contributed by atoms with Gasteiger partial charge in [-0.05, 0) is 30.7 Å². The summed E-state index contributed by atoms with van der Waals surface area (Å²) < 4.78 is 13.2. The van der Waals surface area contributed by atoms with E-state index >= 15 is 0 Å². The number of nitrogens with one attached hydrogen (secondary N) is 1. The van der Waals surface area contributed by atoms with E-state index in [0.717, 1.165) is 4.90 Å².